The van der Waals surface area contributed by atoms with Gasteiger partial charge in [0.05, 0.1) is 6.61 Å². The van der Waals surface area contributed by atoms with Gasteiger partial charge in [0.2, 0.25) is 0 Å². The molecule has 0 saturated heterocycles. The summed E-state index contributed by atoms with van der Waals surface area (Å²) in [6.45, 7) is 9.03. The van der Waals surface area contributed by atoms with Gasteiger partial charge in [0.25, 0.3) is 5.91 Å². The van der Waals surface area contributed by atoms with Gasteiger partial charge >= 0.3 is 0 Å². The molecule has 0 aliphatic carbocycles. The van der Waals surface area contributed by atoms with Crippen LogP contribution >= 0.6 is 0 Å². The highest BCUT2D eigenvalue weighted by atomic mass is 16.5. The van der Waals surface area contributed by atoms with Gasteiger partial charge in [-0.2, -0.15) is 0 Å². The Labute approximate surface area is 185 Å². The highest BCUT2D eigenvalue weighted by Gasteiger charge is 2.15. The molecule has 3 aromatic carbocycles. The average Bonchev–Trinajstić information content (AvgIpc) is 2.79. The lowest BCUT2D eigenvalue weighted by Crippen LogP contribution is -2.15. The number of hydrogen-bond donors (Lipinski definition) is 1. The molecular formula is C27H31NO3. The second-order valence-electron chi connectivity index (χ2n) is 7.42. The molecule has 31 heavy (non-hydrogen) atoms. The summed E-state index contributed by atoms with van der Waals surface area (Å²) in [5.74, 6) is 1.43. The molecule has 0 aromatic heterocycles. The maximum absolute atomic E-state index is 13.1. The van der Waals surface area contributed by atoms with Crippen LogP contribution in [0.3, 0.4) is 0 Å². The highest BCUT2D eigenvalue weighted by molar-refractivity contribution is 6.05. The normalized spacial score (nSPS) is 10.6. The molecule has 0 heterocycles. The van der Waals surface area contributed by atoms with Gasteiger partial charge in [-0.25, -0.2) is 0 Å². The summed E-state index contributed by atoms with van der Waals surface area (Å²) < 4.78 is 11.8. The Balaban J connectivity index is 1.86. The number of ether oxygens (including phenoxy) is 2. The van der Waals surface area contributed by atoms with E-state index < -0.39 is 0 Å². The molecule has 0 spiro atoms. The fraction of sp³-hybridized carbons (Fsp3) is 0.296. The predicted octanol–water partition coefficient (Wildman–Crippen LogP) is 6.35. The topological polar surface area (TPSA) is 47.6 Å². The van der Waals surface area contributed by atoms with Crippen molar-refractivity contribution in [3.63, 3.8) is 0 Å². The molecule has 0 aliphatic rings. The molecular weight excluding hydrogens is 386 g/mol. The van der Waals surface area contributed by atoms with Crippen molar-refractivity contribution >= 4 is 11.6 Å². The third kappa shape index (κ3) is 5.46. The van der Waals surface area contributed by atoms with Crippen molar-refractivity contribution in [2.45, 2.75) is 47.1 Å². The first-order valence-corrected chi connectivity index (χ1v) is 10.9. The van der Waals surface area contributed by atoms with Crippen LogP contribution in [0.4, 0.5) is 5.69 Å². The number of aryl methyl sites for hydroxylation is 3. The third-order valence-electron chi connectivity index (χ3n) is 5.34. The van der Waals surface area contributed by atoms with Crippen molar-refractivity contribution in [3.05, 3.63) is 88.5 Å². The van der Waals surface area contributed by atoms with Crippen LogP contribution in [0.15, 0.2) is 60.7 Å². The van der Waals surface area contributed by atoms with Crippen molar-refractivity contribution in [1.29, 1.82) is 0 Å². The van der Waals surface area contributed by atoms with E-state index in [4.69, 9.17) is 9.47 Å². The zero-order valence-corrected chi connectivity index (χ0v) is 18.8. The van der Waals surface area contributed by atoms with Crippen molar-refractivity contribution in [3.8, 4) is 11.5 Å². The summed E-state index contributed by atoms with van der Waals surface area (Å²) in [5, 5.41) is 3.14. The summed E-state index contributed by atoms with van der Waals surface area (Å²) in [7, 11) is 0. The van der Waals surface area contributed by atoms with Gasteiger partial charge in [-0.1, -0.05) is 50.2 Å². The van der Waals surface area contributed by atoms with E-state index in [1.54, 1.807) is 6.07 Å². The van der Waals surface area contributed by atoms with Gasteiger partial charge in [-0.15, -0.1) is 0 Å². The number of benzene rings is 3. The summed E-state index contributed by atoms with van der Waals surface area (Å²) >= 11 is 0. The molecule has 0 bridgehead atoms. The standard InChI is InChI=1S/C27H31NO3/c1-5-20-12-10-13-21(6-2)26(20)28-27(29)22-15-16-25(30-7-3)23(17-22)18-31-24-14-9-8-11-19(24)4/h8-17H,5-7,18H2,1-4H3,(H,28,29). The molecule has 1 amide bonds. The first-order chi connectivity index (χ1) is 15.1. The second kappa shape index (κ2) is 10.7. The quantitative estimate of drug-likeness (QED) is 0.441. The number of carbonyl (C=O) groups excluding carboxylic acids is 1. The monoisotopic (exact) mass is 417 g/mol. The molecule has 0 atom stereocenters. The molecule has 0 aliphatic heterocycles. The van der Waals surface area contributed by atoms with Crippen LogP contribution < -0.4 is 14.8 Å². The fourth-order valence-corrected chi connectivity index (χ4v) is 3.59. The number of hydrogen-bond acceptors (Lipinski definition) is 3. The van der Waals surface area contributed by atoms with Crippen LogP contribution in [0.2, 0.25) is 0 Å². The number of para-hydroxylation sites is 2. The first kappa shape index (κ1) is 22.4. The van der Waals surface area contributed by atoms with E-state index >= 15 is 0 Å². The number of nitrogens with one attached hydrogen (secondary N) is 1. The maximum Gasteiger partial charge on any atom is 0.255 e. The molecule has 0 radical (unpaired) electrons. The van der Waals surface area contributed by atoms with Crippen LogP contribution in [-0.2, 0) is 19.4 Å². The van der Waals surface area contributed by atoms with E-state index in [9.17, 15) is 4.79 Å². The first-order valence-electron chi connectivity index (χ1n) is 10.9. The number of anilines is 1. The van der Waals surface area contributed by atoms with Gasteiger partial charge in [0.15, 0.2) is 0 Å². The Bertz CT molecular complexity index is 1020. The number of rotatable bonds is 9. The van der Waals surface area contributed by atoms with E-state index in [1.165, 1.54) is 0 Å². The van der Waals surface area contributed by atoms with E-state index in [0.29, 0.717) is 18.8 Å². The zero-order valence-electron chi connectivity index (χ0n) is 18.8. The lowest BCUT2D eigenvalue weighted by molar-refractivity contribution is 0.102. The Morgan fingerprint density at radius 2 is 1.52 bits per heavy atom. The zero-order chi connectivity index (χ0) is 22.2. The minimum atomic E-state index is -0.129. The van der Waals surface area contributed by atoms with Crippen molar-refractivity contribution in [2.24, 2.45) is 0 Å². The van der Waals surface area contributed by atoms with E-state index in [1.807, 2.05) is 56.3 Å². The molecule has 0 saturated carbocycles. The van der Waals surface area contributed by atoms with Crippen LogP contribution in [0.1, 0.15) is 53.4 Å². The third-order valence-corrected chi connectivity index (χ3v) is 5.34. The summed E-state index contributed by atoms with van der Waals surface area (Å²) in [6, 6.07) is 19.6. The minimum Gasteiger partial charge on any atom is -0.493 e. The molecule has 4 nitrogen and oxygen atoms in total. The maximum atomic E-state index is 13.1. The van der Waals surface area contributed by atoms with Crippen molar-refractivity contribution in [2.75, 3.05) is 11.9 Å². The smallest absolute Gasteiger partial charge is 0.255 e. The highest BCUT2D eigenvalue weighted by Crippen LogP contribution is 2.26. The van der Waals surface area contributed by atoms with Crippen LogP contribution in [-0.4, -0.2) is 12.5 Å². The minimum absolute atomic E-state index is 0.129. The van der Waals surface area contributed by atoms with E-state index in [-0.39, 0.29) is 5.91 Å². The molecule has 1 N–H and O–H groups in total. The Hall–Kier alpha value is -3.27. The van der Waals surface area contributed by atoms with Gasteiger partial charge in [-0.3, -0.25) is 4.79 Å². The molecule has 3 rings (SSSR count). The summed E-state index contributed by atoms with van der Waals surface area (Å²) in [4.78, 5) is 13.1. The summed E-state index contributed by atoms with van der Waals surface area (Å²) in [6.07, 6.45) is 1.73. The molecule has 3 aromatic rings. The van der Waals surface area contributed by atoms with Gasteiger partial charge in [0, 0.05) is 16.8 Å². The molecule has 0 unspecified atom stereocenters. The van der Waals surface area contributed by atoms with E-state index in [2.05, 4.69) is 31.3 Å². The molecule has 162 valence electrons. The van der Waals surface area contributed by atoms with Crippen LogP contribution in [0, 0.1) is 6.92 Å². The lowest BCUT2D eigenvalue weighted by Gasteiger charge is -2.16. The largest absolute Gasteiger partial charge is 0.493 e. The predicted molar refractivity (Wildman–Crippen MR) is 126 cm³/mol. The fourth-order valence-electron chi connectivity index (χ4n) is 3.59. The van der Waals surface area contributed by atoms with E-state index in [0.717, 1.165) is 52.3 Å². The lowest BCUT2D eigenvalue weighted by atomic mass is 10.0. The number of amides is 1. The van der Waals surface area contributed by atoms with Crippen LogP contribution in [0.25, 0.3) is 0 Å². The van der Waals surface area contributed by atoms with Crippen molar-refractivity contribution < 1.29 is 14.3 Å². The number of carbonyl (C=O) groups is 1. The Kier molecular flexibility index (Phi) is 7.71. The SMILES string of the molecule is CCOc1ccc(C(=O)Nc2c(CC)cccc2CC)cc1COc1ccccc1C. The summed E-state index contributed by atoms with van der Waals surface area (Å²) in [5.41, 5.74) is 5.70. The van der Waals surface area contributed by atoms with Gasteiger partial charge in [0.1, 0.15) is 18.1 Å². The molecule has 0 fully saturated rings. The second-order valence-corrected chi connectivity index (χ2v) is 7.42. The van der Waals surface area contributed by atoms with Crippen molar-refractivity contribution in [1.82, 2.24) is 0 Å². The average molecular weight is 418 g/mol. The Morgan fingerprint density at radius 3 is 2.16 bits per heavy atom. The molecule has 4 heteroatoms. The van der Waals surface area contributed by atoms with Gasteiger partial charge in [-0.05, 0) is 67.6 Å². The van der Waals surface area contributed by atoms with Crippen LogP contribution in [0.5, 0.6) is 11.5 Å². The Morgan fingerprint density at radius 1 is 0.806 bits per heavy atom. The van der Waals surface area contributed by atoms with Gasteiger partial charge < -0.3 is 14.8 Å².